The van der Waals surface area contributed by atoms with E-state index in [-0.39, 0.29) is 17.8 Å². The first-order valence-corrected chi connectivity index (χ1v) is 9.58. The number of aliphatic hydroxyl groups excluding tert-OH is 1. The first kappa shape index (κ1) is 20.2. The van der Waals surface area contributed by atoms with Crippen molar-refractivity contribution < 1.29 is 9.84 Å². The number of hydrogen-bond acceptors (Lipinski definition) is 7. The van der Waals surface area contributed by atoms with Crippen molar-refractivity contribution >= 4 is 23.4 Å². The minimum absolute atomic E-state index is 0.209. The number of rotatable bonds is 5. The van der Waals surface area contributed by atoms with Gasteiger partial charge in [0.2, 0.25) is 11.8 Å². The van der Waals surface area contributed by atoms with Gasteiger partial charge in [-0.15, -0.1) is 0 Å². The fraction of sp³-hybridized carbons (Fsp3) is 0.450. The minimum atomic E-state index is 0.209. The first-order chi connectivity index (χ1) is 13.5. The van der Waals surface area contributed by atoms with Crippen molar-refractivity contribution in [1.82, 2.24) is 15.0 Å². The second kappa shape index (κ2) is 9.09. The predicted molar refractivity (Wildman–Crippen MR) is 110 cm³/mol. The Kier molecular flexibility index (Phi) is 6.55. The average Bonchev–Trinajstić information content (AvgIpc) is 3.15. The molecule has 0 spiro atoms. The lowest BCUT2D eigenvalue weighted by atomic mass is 10.1. The van der Waals surface area contributed by atoms with Gasteiger partial charge in [-0.05, 0) is 38.2 Å². The molecule has 28 heavy (non-hydrogen) atoms. The maximum absolute atomic E-state index is 9.38. The summed E-state index contributed by atoms with van der Waals surface area (Å²) in [4.78, 5) is 13.1. The predicted octanol–water partition coefficient (Wildman–Crippen LogP) is 2.86. The van der Waals surface area contributed by atoms with Gasteiger partial charge in [-0.3, -0.25) is 0 Å². The highest BCUT2D eigenvalue weighted by Gasteiger charge is 2.25. The van der Waals surface area contributed by atoms with E-state index in [9.17, 15) is 5.11 Å². The molecular weight excluding hydrogens is 378 g/mol. The molecule has 0 aromatic carbocycles. The van der Waals surface area contributed by atoms with Gasteiger partial charge in [-0.25, -0.2) is 4.98 Å². The summed E-state index contributed by atoms with van der Waals surface area (Å²) < 4.78 is 5.13. The van der Waals surface area contributed by atoms with Crippen molar-refractivity contribution in [1.29, 1.82) is 0 Å². The van der Waals surface area contributed by atoms with Gasteiger partial charge >= 0.3 is 0 Å². The Labute approximate surface area is 169 Å². The van der Waals surface area contributed by atoms with Crippen LogP contribution in [-0.2, 0) is 0 Å². The van der Waals surface area contributed by atoms with E-state index in [1.54, 1.807) is 20.2 Å². The number of nitrogens with one attached hydrogen (secondary N) is 2. The van der Waals surface area contributed by atoms with Gasteiger partial charge in [-0.2, -0.15) is 9.97 Å². The molecule has 3 rings (SSSR count). The Hall–Kier alpha value is -2.56. The van der Waals surface area contributed by atoms with E-state index < -0.39 is 0 Å². The molecule has 1 saturated carbocycles. The summed E-state index contributed by atoms with van der Waals surface area (Å²) in [6.07, 6.45) is 2.85. The zero-order chi connectivity index (χ0) is 20.1. The Morgan fingerprint density at radius 1 is 1.25 bits per heavy atom. The van der Waals surface area contributed by atoms with Crippen LogP contribution in [0.1, 0.15) is 36.1 Å². The highest BCUT2D eigenvalue weighted by Crippen LogP contribution is 2.30. The lowest BCUT2D eigenvalue weighted by Crippen LogP contribution is -2.19. The van der Waals surface area contributed by atoms with Crippen LogP contribution in [0, 0.1) is 24.7 Å². The molecule has 2 unspecified atom stereocenters. The molecule has 1 fully saturated rings. The standard InChI is InChI=1S/C20H24ClN5O2/c1-12-14(6-9-17(23-12)28-3)5-8-16-18(21)25-20(22-2)26-19(16)24-15-7-4-13(10-15)11-27/h6,9,13,15,27H,4,7,10-11H2,1-3H3,(H2,22,24,25,26). The van der Waals surface area contributed by atoms with Crippen LogP contribution in [0.4, 0.5) is 11.8 Å². The summed E-state index contributed by atoms with van der Waals surface area (Å²) >= 11 is 6.40. The van der Waals surface area contributed by atoms with E-state index in [1.807, 2.05) is 13.0 Å². The lowest BCUT2D eigenvalue weighted by Gasteiger charge is -2.16. The van der Waals surface area contributed by atoms with Crippen LogP contribution in [0.15, 0.2) is 12.1 Å². The SMILES string of the molecule is CNc1nc(Cl)c(C#Cc2ccc(OC)nc2C)c(NC2CCC(CO)C2)n1. The molecule has 0 saturated heterocycles. The molecule has 2 aromatic rings. The van der Waals surface area contributed by atoms with E-state index in [0.29, 0.717) is 29.1 Å². The second-order valence-electron chi connectivity index (χ2n) is 6.75. The van der Waals surface area contributed by atoms with Gasteiger partial charge in [-0.1, -0.05) is 23.4 Å². The van der Waals surface area contributed by atoms with Crippen molar-refractivity contribution in [2.45, 2.75) is 32.2 Å². The van der Waals surface area contributed by atoms with E-state index in [1.165, 1.54) is 0 Å². The molecule has 0 bridgehead atoms. The van der Waals surface area contributed by atoms with Crippen LogP contribution < -0.4 is 15.4 Å². The molecule has 0 radical (unpaired) electrons. The third-order valence-corrected chi connectivity index (χ3v) is 5.09. The number of aliphatic hydroxyl groups is 1. The van der Waals surface area contributed by atoms with Crippen molar-refractivity contribution in [2.24, 2.45) is 5.92 Å². The highest BCUT2D eigenvalue weighted by atomic mass is 35.5. The number of pyridine rings is 1. The van der Waals surface area contributed by atoms with Crippen molar-refractivity contribution in [3.8, 4) is 17.7 Å². The molecule has 148 valence electrons. The highest BCUT2D eigenvalue weighted by molar-refractivity contribution is 6.31. The van der Waals surface area contributed by atoms with Gasteiger partial charge in [0.15, 0.2) is 5.15 Å². The molecule has 7 nitrogen and oxygen atoms in total. The number of methoxy groups -OCH3 is 1. The quantitative estimate of drug-likeness (QED) is 0.524. The fourth-order valence-corrected chi connectivity index (χ4v) is 3.46. The van der Waals surface area contributed by atoms with Crippen molar-refractivity contribution in [3.05, 3.63) is 34.1 Å². The molecular formula is C20H24ClN5O2. The maximum Gasteiger partial charge on any atom is 0.225 e. The average molecular weight is 402 g/mol. The van der Waals surface area contributed by atoms with Crippen molar-refractivity contribution in [2.75, 3.05) is 31.4 Å². The first-order valence-electron chi connectivity index (χ1n) is 9.20. The normalized spacial score (nSPS) is 18.3. The Balaban J connectivity index is 1.92. The number of anilines is 2. The monoisotopic (exact) mass is 401 g/mol. The van der Waals surface area contributed by atoms with E-state index in [0.717, 1.165) is 30.5 Å². The number of hydrogen-bond donors (Lipinski definition) is 3. The smallest absolute Gasteiger partial charge is 0.225 e. The zero-order valence-electron chi connectivity index (χ0n) is 16.2. The van der Waals surface area contributed by atoms with Crippen LogP contribution in [0.2, 0.25) is 5.15 Å². The molecule has 8 heteroatoms. The number of aromatic nitrogens is 3. The Morgan fingerprint density at radius 3 is 2.71 bits per heavy atom. The lowest BCUT2D eigenvalue weighted by molar-refractivity contribution is 0.229. The van der Waals surface area contributed by atoms with Crippen LogP contribution in [-0.4, -0.2) is 46.9 Å². The van der Waals surface area contributed by atoms with Gasteiger partial charge in [0.05, 0.1) is 12.8 Å². The van der Waals surface area contributed by atoms with Gasteiger partial charge < -0.3 is 20.5 Å². The minimum Gasteiger partial charge on any atom is -0.481 e. The molecule has 2 atom stereocenters. The molecule has 1 aliphatic carbocycles. The fourth-order valence-electron chi connectivity index (χ4n) is 3.24. The van der Waals surface area contributed by atoms with Gasteiger partial charge in [0.25, 0.3) is 0 Å². The molecule has 2 aromatic heterocycles. The van der Waals surface area contributed by atoms with E-state index in [4.69, 9.17) is 16.3 Å². The largest absolute Gasteiger partial charge is 0.481 e. The number of nitrogens with zero attached hydrogens (tertiary/aromatic N) is 3. The zero-order valence-corrected chi connectivity index (χ0v) is 17.0. The third-order valence-electron chi connectivity index (χ3n) is 4.82. The summed E-state index contributed by atoms with van der Waals surface area (Å²) in [7, 11) is 3.32. The van der Waals surface area contributed by atoms with E-state index in [2.05, 4.69) is 37.4 Å². The summed E-state index contributed by atoms with van der Waals surface area (Å²) in [6, 6.07) is 3.85. The molecule has 0 amide bonds. The molecule has 0 aliphatic heterocycles. The van der Waals surface area contributed by atoms with Gasteiger partial charge in [0, 0.05) is 31.3 Å². The van der Waals surface area contributed by atoms with Gasteiger partial charge in [0.1, 0.15) is 11.4 Å². The van der Waals surface area contributed by atoms with E-state index >= 15 is 0 Å². The van der Waals surface area contributed by atoms with Crippen LogP contribution in [0.5, 0.6) is 5.88 Å². The summed E-state index contributed by atoms with van der Waals surface area (Å²) in [5.74, 6) is 8.10. The Morgan fingerprint density at radius 2 is 2.07 bits per heavy atom. The number of aryl methyl sites for hydroxylation is 1. The number of ether oxygens (including phenoxy) is 1. The molecule has 1 aliphatic rings. The second-order valence-corrected chi connectivity index (χ2v) is 7.11. The number of halogens is 1. The van der Waals surface area contributed by atoms with Crippen LogP contribution in [0.25, 0.3) is 0 Å². The van der Waals surface area contributed by atoms with Crippen LogP contribution >= 0.6 is 11.6 Å². The Bertz CT molecular complexity index is 909. The maximum atomic E-state index is 9.38. The van der Waals surface area contributed by atoms with Crippen molar-refractivity contribution in [3.63, 3.8) is 0 Å². The third kappa shape index (κ3) is 4.64. The molecule has 3 N–H and O–H groups in total. The van der Waals surface area contributed by atoms with Crippen LogP contribution in [0.3, 0.4) is 0 Å². The summed E-state index contributed by atoms with van der Waals surface area (Å²) in [5.41, 5.74) is 2.09. The summed E-state index contributed by atoms with van der Waals surface area (Å²) in [6.45, 7) is 2.09. The topological polar surface area (TPSA) is 92.2 Å². The molecule has 2 heterocycles. The summed E-state index contributed by atoms with van der Waals surface area (Å²) in [5, 5.41) is 16.0.